The lowest BCUT2D eigenvalue weighted by atomic mass is 10.1. The molecule has 0 unspecified atom stereocenters. The monoisotopic (exact) mass is 404 g/mol. The van der Waals surface area contributed by atoms with Gasteiger partial charge in [0.1, 0.15) is 5.75 Å². The Labute approximate surface area is 168 Å². The number of ether oxygens (including phenoxy) is 1. The van der Waals surface area contributed by atoms with Gasteiger partial charge in [-0.3, -0.25) is 29.5 Å². The van der Waals surface area contributed by atoms with Crippen molar-refractivity contribution in [3.05, 3.63) is 23.8 Å². The van der Waals surface area contributed by atoms with Crippen LogP contribution in [0.25, 0.3) is 0 Å². The Morgan fingerprint density at radius 3 is 2.48 bits per heavy atom. The second-order valence-electron chi connectivity index (χ2n) is 6.92. The summed E-state index contributed by atoms with van der Waals surface area (Å²) in [5.74, 6) is -0.902. The molecule has 0 radical (unpaired) electrons. The zero-order chi connectivity index (χ0) is 21.0. The van der Waals surface area contributed by atoms with E-state index in [1.54, 1.807) is 23.1 Å². The van der Waals surface area contributed by atoms with Crippen molar-refractivity contribution in [2.24, 2.45) is 0 Å². The minimum atomic E-state index is -0.835. The summed E-state index contributed by atoms with van der Waals surface area (Å²) >= 11 is 0. The van der Waals surface area contributed by atoms with Gasteiger partial charge in [0.25, 0.3) is 5.91 Å². The van der Waals surface area contributed by atoms with Crippen LogP contribution in [-0.4, -0.2) is 85.1 Å². The molecule has 0 spiro atoms. The van der Waals surface area contributed by atoms with E-state index in [-0.39, 0.29) is 31.2 Å². The number of methoxy groups -OCH3 is 1. The molecule has 2 saturated heterocycles. The van der Waals surface area contributed by atoms with Crippen molar-refractivity contribution in [1.29, 1.82) is 0 Å². The number of nitrogens with zero attached hydrogens (tertiary/aromatic N) is 3. The highest BCUT2D eigenvalue weighted by atomic mass is 16.5. The van der Waals surface area contributed by atoms with Gasteiger partial charge in [-0.15, -0.1) is 0 Å². The van der Waals surface area contributed by atoms with Crippen LogP contribution in [0.5, 0.6) is 5.75 Å². The maximum atomic E-state index is 12.9. The molecule has 0 aromatic heterocycles. The number of carbonyl (C=O) groups excluding carboxylic acids is 3. The molecule has 29 heavy (non-hydrogen) atoms. The Hall–Kier alpha value is -3.14. The van der Waals surface area contributed by atoms with E-state index in [1.807, 2.05) is 4.90 Å². The van der Waals surface area contributed by atoms with Crippen LogP contribution >= 0.6 is 0 Å². The van der Waals surface area contributed by atoms with E-state index >= 15 is 0 Å². The third-order valence-electron chi connectivity index (χ3n) is 5.07. The van der Waals surface area contributed by atoms with E-state index in [4.69, 9.17) is 9.84 Å². The first kappa shape index (κ1) is 20.6. The second kappa shape index (κ2) is 8.91. The summed E-state index contributed by atoms with van der Waals surface area (Å²) in [4.78, 5) is 52.4. The van der Waals surface area contributed by atoms with Crippen molar-refractivity contribution in [3.63, 3.8) is 0 Å². The SMILES string of the molecule is COc1ccc(C(=O)N2CCN(CCC(=O)O)CC2)cc1N1CCC(=O)NC1=O. The minimum Gasteiger partial charge on any atom is -0.495 e. The summed E-state index contributed by atoms with van der Waals surface area (Å²) in [5.41, 5.74) is 0.855. The number of carbonyl (C=O) groups is 4. The van der Waals surface area contributed by atoms with Crippen LogP contribution in [0, 0.1) is 0 Å². The Morgan fingerprint density at radius 1 is 1.14 bits per heavy atom. The molecule has 0 aliphatic carbocycles. The maximum Gasteiger partial charge on any atom is 0.328 e. The smallest absolute Gasteiger partial charge is 0.328 e. The van der Waals surface area contributed by atoms with Crippen molar-refractivity contribution < 1.29 is 29.0 Å². The van der Waals surface area contributed by atoms with Gasteiger partial charge >= 0.3 is 12.0 Å². The van der Waals surface area contributed by atoms with Crippen molar-refractivity contribution >= 4 is 29.5 Å². The molecule has 4 amide bonds. The molecular formula is C19H24N4O6. The fraction of sp³-hybridized carbons (Fsp3) is 0.474. The van der Waals surface area contributed by atoms with Gasteiger partial charge in [-0.1, -0.05) is 0 Å². The first-order chi connectivity index (χ1) is 13.9. The normalized spacial score (nSPS) is 17.8. The number of benzene rings is 1. The standard InChI is InChI=1S/C19H24N4O6/c1-29-15-3-2-13(12-14(15)23-7-4-16(24)20-19(23)28)18(27)22-10-8-21(9-11-22)6-5-17(25)26/h2-3,12H,4-11H2,1H3,(H,25,26)(H,20,24,28). The number of hydrogen-bond donors (Lipinski definition) is 2. The largest absolute Gasteiger partial charge is 0.495 e. The van der Waals surface area contributed by atoms with Gasteiger partial charge in [0.15, 0.2) is 0 Å². The molecule has 10 nitrogen and oxygen atoms in total. The van der Waals surface area contributed by atoms with Crippen LogP contribution in [0.2, 0.25) is 0 Å². The number of carboxylic acids is 1. The number of carboxylic acid groups (broad SMARTS) is 1. The van der Waals surface area contributed by atoms with Crippen LogP contribution < -0.4 is 15.0 Å². The summed E-state index contributed by atoms with van der Waals surface area (Å²) in [6.45, 7) is 2.89. The molecule has 2 N–H and O–H groups in total. The number of rotatable bonds is 6. The Kier molecular flexibility index (Phi) is 6.32. The topological polar surface area (TPSA) is 119 Å². The average Bonchev–Trinajstić information content (AvgIpc) is 2.71. The zero-order valence-electron chi connectivity index (χ0n) is 16.2. The number of nitrogens with one attached hydrogen (secondary N) is 1. The molecule has 10 heteroatoms. The van der Waals surface area contributed by atoms with Gasteiger partial charge in [-0.05, 0) is 18.2 Å². The van der Waals surface area contributed by atoms with Crippen LogP contribution in [0.15, 0.2) is 18.2 Å². The molecule has 156 valence electrons. The number of amides is 4. The minimum absolute atomic E-state index is 0.0796. The highest BCUT2D eigenvalue weighted by Crippen LogP contribution is 2.31. The lowest BCUT2D eigenvalue weighted by Gasteiger charge is -2.34. The van der Waals surface area contributed by atoms with E-state index in [2.05, 4.69) is 5.32 Å². The van der Waals surface area contributed by atoms with Gasteiger partial charge in [0.05, 0.1) is 19.2 Å². The predicted octanol–water partition coefficient (Wildman–Crippen LogP) is 0.374. The Morgan fingerprint density at radius 2 is 1.86 bits per heavy atom. The molecule has 1 aromatic carbocycles. The Balaban J connectivity index is 1.71. The summed E-state index contributed by atoms with van der Waals surface area (Å²) in [6.07, 6.45) is 0.252. The van der Waals surface area contributed by atoms with E-state index < -0.39 is 12.0 Å². The number of hydrogen-bond acceptors (Lipinski definition) is 6. The van der Waals surface area contributed by atoms with Crippen LogP contribution in [0.4, 0.5) is 10.5 Å². The third-order valence-corrected chi connectivity index (χ3v) is 5.07. The van der Waals surface area contributed by atoms with Gasteiger partial charge in [-0.2, -0.15) is 0 Å². The first-order valence-corrected chi connectivity index (χ1v) is 9.42. The van der Waals surface area contributed by atoms with Gasteiger partial charge in [-0.25, -0.2) is 4.79 Å². The third kappa shape index (κ3) is 4.83. The van der Waals surface area contributed by atoms with E-state index in [1.165, 1.54) is 12.0 Å². The van der Waals surface area contributed by atoms with Crippen molar-refractivity contribution in [2.45, 2.75) is 12.8 Å². The fourth-order valence-electron chi connectivity index (χ4n) is 3.44. The summed E-state index contributed by atoms with van der Waals surface area (Å²) < 4.78 is 5.33. The summed E-state index contributed by atoms with van der Waals surface area (Å²) in [6, 6.07) is 4.34. The molecule has 2 heterocycles. The first-order valence-electron chi connectivity index (χ1n) is 9.42. The predicted molar refractivity (Wildman–Crippen MR) is 103 cm³/mol. The van der Waals surface area contributed by atoms with Crippen molar-refractivity contribution in [3.8, 4) is 5.75 Å². The molecule has 2 aliphatic rings. The molecule has 2 fully saturated rings. The molecule has 3 rings (SSSR count). The number of imide groups is 1. The summed E-state index contributed by atoms with van der Waals surface area (Å²) in [5, 5.41) is 11.1. The Bertz CT molecular complexity index is 819. The molecule has 2 aliphatic heterocycles. The van der Waals surface area contributed by atoms with E-state index in [0.29, 0.717) is 49.7 Å². The van der Waals surface area contributed by atoms with Crippen LogP contribution in [-0.2, 0) is 9.59 Å². The van der Waals surface area contributed by atoms with E-state index in [9.17, 15) is 19.2 Å². The lowest BCUT2D eigenvalue weighted by molar-refractivity contribution is -0.137. The number of urea groups is 1. The molecule has 0 atom stereocenters. The molecular weight excluding hydrogens is 380 g/mol. The quantitative estimate of drug-likeness (QED) is 0.703. The zero-order valence-corrected chi connectivity index (χ0v) is 16.2. The maximum absolute atomic E-state index is 12.9. The number of aliphatic carboxylic acids is 1. The van der Waals surface area contributed by atoms with Gasteiger partial charge < -0.3 is 14.7 Å². The van der Waals surface area contributed by atoms with Crippen molar-refractivity contribution in [1.82, 2.24) is 15.1 Å². The lowest BCUT2D eigenvalue weighted by Crippen LogP contribution is -2.50. The van der Waals surface area contributed by atoms with Gasteiger partial charge in [0, 0.05) is 51.3 Å². The summed E-state index contributed by atoms with van der Waals surface area (Å²) in [7, 11) is 1.48. The van der Waals surface area contributed by atoms with E-state index in [0.717, 1.165) is 0 Å². The van der Waals surface area contributed by atoms with Crippen LogP contribution in [0.1, 0.15) is 23.2 Å². The van der Waals surface area contributed by atoms with Crippen molar-refractivity contribution in [2.75, 3.05) is 51.3 Å². The average molecular weight is 404 g/mol. The van der Waals surface area contributed by atoms with Gasteiger partial charge in [0.2, 0.25) is 5.91 Å². The highest BCUT2D eigenvalue weighted by Gasteiger charge is 2.28. The molecule has 0 bridgehead atoms. The second-order valence-corrected chi connectivity index (χ2v) is 6.92. The number of piperazine rings is 1. The van der Waals surface area contributed by atoms with Crippen LogP contribution in [0.3, 0.4) is 0 Å². The highest BCUT2D eigenvalue weighted by molar-refractivity contribution is 6.07. The molecule has 0 saturated carbocycles. The fourth-order valence-corrected chi connectivity index (χ4v) is 3.44. The number of anilines is 1. The molecule has 1 aromatic rings.